The summed E-state index contributed by atoms with van der Waals surface area (Å²) in [4.78, 5) is 15.8. The van der Waals surface area contributed by atoms with E-state index in [1.165, 1.54) is 12.1 Å². The highest BCUT2D eigenvalue weighted by molar-refractivity contribution is 7.85. The zero-order valence-electron chi connectivity index (χ0n) is 11.5. The van der Waals surface area contributed by atoms with E-state index in [0.29, 0.717) is 37.7 Å². The summed E-state index contributed by atoms with van der Waals surface area (Å²) in [7, 11) is 1.02. The average molecular weight is 298 g/mol. The molecule has 0 spiro atoms. The molecule has 20 heavy (non-hydrogen) atoms. The van der Waals surface area contributed by atoms with Crippen LogP contribution in [0.3, 0.4) is 0 Å². The van der Waals surface area contributed by atoms with Crippen molar-refractivity contribution in [2.24, 2.45) is 0 Å². The maximum atomic E-state index is 12.8. The Labute approximate surface area is 121 Å². The Kier molecular flexibility index (Phi) is 5.25. The quantitative estimate of drug-likeness (QED) is 0.827. The predicted molar refractivity (Wildman–Crippen MR) is 77.2 cm³/mol. The SMILES string of the molecule is CN(Cc1ccc(F)cc1)C(=O)CN1CCS(=O)CC1. The standard InChI is InChI=1S/C14H19FN2O2S/c1-16(10-12-2-4-13(15)5-3-12)14(18)11-17-6-8-20(19)9-7-17/h2-5H,6-11H2,1H3. The molecule has 1 aliphatic rings. The number of rotatable bonds is 4. The molecule has 0 aromatic heterocycles. The first-order valence-electron chi connectivity index (χ1n) is 6.60. The van der Waals surface area contributed by atoms with E-state index in [1.54, 1.807) is 24.1 Å². The van der Waals surface area contributed by atoms with Crippen molar-refractivity contribution < 1.29 is 13.4 Å². The summed E-state index contributed by atoms with van der Waals surface area (Å²) in [5, 5.41) is 0. The Morgan fingerprint density at radius 1 is 1.30 bits per heavy atom. The molecule has 0 radical (unpaired) electrons. The van der Waals surface area contributed by atoms with Gasteiger partial charge in [0.05, 0.1) is 6.54 Å². The number of carbonyl (C=O) groups is 1. The van der Waals surface area contributed by atoms with Gasteiger partial charge in [-0.25, -0.2) is 4.39 Å². The molecular weight excluding hydrogens is 279 g/mol. The van der Waals surface area contributed by atoms with Crippen molar-refractivity contribution in [1.82, 2.24) is 9.80 Å². The van der Waals surface area contributed by atoms with Crippen LogP contribution in [0.2, 0.25) is 0 Å². The smallest absolute Gasteiger partial charge is 0.236 e. The van der Waals surface area contributed by atoms with Gasteiger partial charge in [-0.05, 0) is 17.7 Å². The first-order chi connectivity index (χ1) is 9.54. The third-order valence-corrected chi connectivity index (χ3v) is 4.66. The molecule has 110 valence electrons. The van der Waals surface area contributed by atoms with E-state index in [9.17, 15) is 13.4 Å². The number of amides is 1. The number of benzene rings is 1. The fourth-order valence-corrected chi connectivity index (χ4v) is 3.23. The summed E-state index contributed by atoms with van der Waals surface area (Å²) in [5.74, 6) is 1.05. The summed E-state index contributed by atoms with van der Waals surface area (Å²) < 4.78 is 24.1. The molecule has 0 saturated carbocycles. The van der Waals surface area contributed by atoms with E-state index in [2.05, 4.69) is 0 Å². The van der Waals surface area contributed by atoms with Gasteiger partial charge in [0.2, 0.25) is 5.91 Å². The van der Waals surface area contributed by atoms with Crippen LogP contribution in [0.1, 0.15) is 5.56 Å². The topological polar surface area (TPSA) is 40.6 Å². The van der Waals surface area contributed by atoms with Crippen molar-refractivity contribution in [2.45, 2.75) is 6.54 Å². The van der Waals surface area contributed by atoms with Crippen LogP contribution in [0.5, 0.6) is 0 Å². The number of likely N-dealkylation sites (N-methyl/N-ethyl adjacent to an activating group) is 1. The van der Waals surface area contributed by atoms with Crippen LogP contribution in [0.15, 0.2) is 24.3 Å². The largest absolute Gasteiger partial charge is 0.340 e. The van der Waals surface area contributed by atoms with E-state index >= 15 is 0 Å². The number of halogens is 1. The molecule has 1 fully saturated rings. The Morgan fingerprint density at radius 3 is 2.50 bits per heavy atom. The number of hydrogen-bond acceptors (Lipinski definition) is 3. The zero-order chi connectivity index (χ0) is 14.5. The van der Waals surface area contributed by atoms with Gasteiger partial charge >= 0.3 is 0 Å². The molecule has 4 nitrogen and oxygen atoms in total. The van der Waals surface area contributed by atoms with Crippen LogP contribution in [-0.4, -0.2) is 58.1 Å². The summed E-state index contributed by atoms with van der Waals surface area (Å²) in [6.45, 7) is 2.25. The summed E-state index contributed by atoms with van der Waals surface area (Å²) >= 11 is 0. The molecule has 1 heterocycles. The second kappa shape index (κ2) is 6.95. The van der Waals surface area contributed by atoms with Gasteiger partial charge in [0.1, 0.15) is 5.82 Å². The average Bonchev–Trinajstić information content (AvgIpc) is 2.44. The maximum absolute atomic E-state index is 12.8. The summed E-state index contributed by atoms with van der Waals surface area (Å²) in [6, 6.07) is 6.16. The lowest BCUT2D eigenvalue weighted by Gasteiger charge is -2.27. The molecule has 0 N–H and O–H groups in total. The molecule has 0 aliphatic carbocycles. The molecule has 0 unspecified atom stereocenters. The Morgan fingerprint density at radius 2 is 1.90 bits per heavy atom. The van der Waals surface area contributed by atoms with Gasteiger partial charge in [-0.1, -0.05) is 12.1 Å². The van der Waals surface area contributed by atoms with Gasteiger partial charge in [-0.3, -0.25) is 13.9 Å². The maximum Gasteiger partial charge on any atom is 0.236 e. The second-order valence-corrected chi connectivity index (χ2v) is 6.70. The van der Waals surface area contributed by atoms with E-state index in [0.717, 1.165) is 5.56 Å². The minimum absolute atomic E-state index is 0.0296. The summed E-state index contributed by atoms with van der Waals surface area (Å²) in [5.41, 5.74) is 0.905. The van der Waals surface area contributed by atoms with Crippen LogP contribution < -0.4 is 0 Å². The van der Waals surface area contributed by atoms with Gasteiger partial charge in [0, 0.05) is 49.0 Å². The van der Waals surface area contributed by atoms with Crippen molar-refractivity contribution >= 4 is 16.7 Å². The van der Waals surface area contributed by atoms with Crippen molar-refractivity contribution in [2.75, 3.05) is 38.2 Å². The van der Waals surface area contributed by atoms with Gasteiger partial charge in [-0.2, -0.15) is 0 Å². The number of hydrogen-bond donors (Lipinski definition) is 0. The van der Waals surface area contributed by atoms with Crippen LogP contribution in [0, 0.1) is 5.82 Å². The van der Waals surface area contributed by atoms with Crippen molar-refractivity contribution in [1.29, 1.82) is 0 Å². The highest BCUT2D eigenvalue weighted by Crippen LogP contribution is 2.07. The van der Waals surface area contributed by atoms with Crippen LogP contribution >= 0.6 is 0 Å². The normalized spacial score (nSPS) is 17.1. The predicted octanol–water partition coefficient (Wildman–Crippen LogP) is 0.848. The summed E-state index contributed by atoms with van der Waals surface area (Å²) in [6.07, 6.45) is 0. The Balaban J connectivity index is 1.82. The van der Waals surface area contributed by atoms with E-state index < -0.39 is 10.8 Å². The fraction of sp³-hybridized carbons (Fsp3) is 0.500. The van der Waals surface area contributed by atoms with Crippen LogP contribution in [0.25, 0.3) is 0 Å². The van der Waals surface area contributed by atoms with Crippen molar-refractivity contribution in [3.63, 3.8) is 0 Å². The molecule has 1 saturated heterocycles. The first kappa shape index (κ1) is 15.1. The molecule has 1 aromatic rings. The minimum atomic E-state index is -0.722. The Hall–Kier alpha value is -1.27. The number of carbonyl (C=O) groups excluding carboxylic acids is 1. The highest BCUT2D eigenvalue weighted by atomic mass is 32.2. The molecule has 0 bridgehead atoms. The van der Waals surface area contributed by atoms with Gasteiger partial charge in [0.25, 0.3) is 0 Å². The van der Waals surface area contributed by atoms with Crippen molar-refractivity contribution in [3.05, 3.63) is 35.6 Å². The third kappa shape index (κ3) is 4.38. The highest BCUT2D eigenvalue weighted by Gasteiger charge is 2.19. The molecule has 1 aromatic carbocycles. The lowest BCUT2D eigenvalue weighted by atomic mass is 10.2. The van der Waals surface area contributed by atoms with Gasteiger partial charge < -0.3 is 4.90 Å². The molecule has 1 amide bonds. The van der Waals surface area contributed by atoms with E-state index in [1.807, 2.05) is 4.90 Å². The lowest BCUT2D eigenvalue weighted by molar-refractivity contribution is -0.131. The zero-order valence-corrected chi connectivity index (χ0v) is 12.4. The molecular formula is C14H19FN2O2S. The monoisotopic (exact) mass is 298 g/mol. The van der Waals surface area contributed by atoms with E-state index in [-0.39, 0.29) is 11.7 Å². The first-order valence-corrected chi connectivity index (χ1v) is 8.09. The Bertz CT molecular complexity index is 482. The second-order valence-electron chi connectivity index (χ2n) is 5.00. The molecule has 0 atom stereocenters. The number of nitrogens with zero attached hydrogens (tertiary/aromatic N) is 2. The molecule has 6 heteroatoms. The third-order valence-electron chi connectivity index (χ3n) is 3.39. The van der Waals surface area contributed by atoms with E-state index in [4.69, 9.17) is 0 Å². The minimum Gasteiger partial charge on any atom is -0.340 e. The molecule has 2 rings (SSSR count). The van der Waals surface area contributed by atoms with Crippen LogP contribution in [0.4, 0.5) is 4.39 Å². The lowest BCUT2D eigenvalue weighted by Crippen LogP contribution is -2.44. The fourth-order valence-electron chi connectivity index (χ4n) is 2.10. The van der Waals surface area contributed by atoms with Gasteiger partial charge in [-0.15, -0.1) is 0 Å². The van der Waals surface area contributed by atoms with Gasteiger partial charge in [0.15, 0.2) is 0 Å². The van der Waals surface area contributed by atoms with Crippen molar-refractivity contribution in [3.8, 4) is 0 Å². The molecule has 1 aliphatic heterocycles. The van der Waals surface area contributed by atoms with Crippen LogP contribution in [-0.2, 0) is 22.1 Å².